The van der Waals surface area contributed by atoms with Crippen molar-refractivity contribution in [2.24, 2.45) is 0 Å². The summed E-state index contributed by atoms with van der Waals surface area (Å²) in [6.45, 7) is 11.3. The Labute approximate surface area is 219 Å². The van der Waals surface area contributed by atoms with Crippen molar-refractivity contribution in [1.82, 2.24) is 0 Å². The van der Waals surface area contributed by atoms with Crippen LogP contribution in [0.2, 0.25) is 0 Å². The Hall–Kier alpha value is -3.52. The Morgan fingerprint density at radius 3 is 2.11 bits per heavy atom. The minimum atomic E-state index is -0.406. The van der Waals surface area contributed by atoms with E-state index in [0.29, 0.717) is 0 Å². The first kappa shape index (κ1) is 21.6. The van der Waals surface area contributed by atoms with Crippen molar-refractivity contribution in [2.45, 2.75) is 72.4 Å². The standard InChI is InChI=1S/C35H34N2/c1-20-10-11-28-31(14-20)35(36-18-23(4)21(2)15-32(28)36)30-13-12-27-26-9-7-6-8-25(26)17-29(27)34(30)33-16-22(3)24(5)19-37(33)35/h10-16,18-19H,6-9,17H2,1-5H3/q+2. The van der Waals surface area contributed by atoms with Gasteiger partial charge in [-0.2, -0.15) is 0 Å². The van der Waals surface area contributed by atoms with Crippen molar-refractivity contribution in [1.29, 1.82) is 0 Å². The molecular weight excluding hydrogens is 448 g/mol. The maximum Gasteiger partial charge on any atom is 0.417 e. The number of aryl methyl sites for hydroxylation is 5. The molecule has 1 unspecified atom stereocenters. The number of aromatic nitrogens is 2. The first-order chi connectivity index (χ1) is 17.9. The van der Waals surface area contributed by atoms with E-state index in [0.717, 1.165) is 6.42 Å². The van der Waals surface area contributed by atoms with E-state index in [1.807, 2.05) is 0 Å². The van der Waals surface area contributed by atoms with Gasteiger partial charge in [-0.3, -0.25) is 0 Å². The molecule has 182 valence electrons. The molecule has 0 amide bonds. The van der Waals surface area contributed by atoms with Gasteiger partial charge in [-0.15, -0.1) is 9.13 Å². The highest BCUT2D eigenvalue weighted by atomic mass is 15.3. The highest BCUT2D eigenvalue weighted by Gasteiger charge is 2.67. The van der Waals surface area contributed by atoms with Gasteiger partial charge in [0, 0.05) is 23.3 Å². The summed E-state index contributed by atoms with van der Waals surface area (Å²) in [5.41, 5.74) is 21.2. The number of rotatable bonds is 0. The fourth-order valence-corrected chi connectivity index (χ4v) is 7.79. The van der Waals surface area contributed by atoms with Crippen LogP contribution in [0.4, 0.5) is 0 Å². The molecule has 0 N–H and O–H groups in total. The third-order valence-electron chi connectivity index (χ3n) is 9.88. The molecule has 1 spiro atoms. The maximum absolute atomic E-state index is 2.63. The zero-order valence-corrected chi connectivity index (χ0v) is 22.6. The molecule has 2 aliphatic carbocycles. The van der Waals surface area contributed by atoms with Gasteiger partial charge in [-0.1, -0.05) is 23.3 Å². The topological polar surface area (TPSA) is 7.76 Å². The average molecular weight is 483 g/mol. The Morgan fingerprint density at radius 2 is 1.32 bits per heavy atom. The Balaban J connectivity index is 1.55. The number of fused-ring (bicyclic) bond motifs is 13. The van der Waals surface area contributed by atoms with Gasteiger partial charge in [0.2, 0.25) is 11.4 Å². The number of allylic oxidation sites excluding steroid dienone is 2. The second-order valence-electron chi connectivity index (χ2n) is 12.0. The van der Waals surface area contributed by atoms with Gasteiger partial charge in [-0.05, 0) is 113 Å². The van der Waals surface area contributed by atoms with Crippen molar-refractivity contribution in [2.75, 3.05) is 0 Å². The van der Waals surface area contributed by atoms with E-state index >= 15 is 0 Å². The lowest BCUT2D eigenvalue weighted by Crippen LogP contribution is -2.71. The molecule has 0 fully saturated rings. The normalized spacial score (nSPS) is 20.0. The molecule has 0 saturated carbocycles. The summed E-state index contributed by atoms with van der Waals surface area (Å²) in [6, 6.07) is 16.9. The van der Waals surface area contributed by atoms with Gasteiger partial charge in [0.1, 0.15) is 11.1 Å². The van der Waals surface area contributed by atoms with Crippen LogP contribution in [0, 0.1) is 34.6 Å². The molecule has 2 heteroatoms. The zero-order chi connectivity index (χ0) is 25.2. The number of hydrogen-bond donors (Lipinski definition) is 0. The fourth-order valence-electron chi connectivity index (χ4n) is 7.79. The predicted octanol–water partition coefficient (Wildman–Crippen LogP) is 6.95. The third kappa shape index (κ3) is 2.52. The summed E-state index contributed by atoms with van der Waals surface area (Å²) < 4.78 is 5.22. The molecule has 2 aromatic carbocycles. The number of benzene rings is 2. The van der Waals surface area contributed by atoms with Crippen LogP contribution in [0.15, 0.2) is 60.4 Å². The third-order valence-corrected chi connectivity index (χ3v) is 9.88. The highest BCUT2D eigenvalue weighted by Crippen LogP contribution is 2.53. The minimum Gasteiger partial charge on any atom is -0.125 e. The summed E-state index contributed by atoms with van der Waals surface area (Å²) in [5.74, 6) is 0. The number of nitrogens with zero attached hydrogens (tertiary/aromatic N) is 2. The van der Waals surface area contributed by atoms with Crippen LogP contribution < -0.4 is 9.13 Å². The molecule has 1 atom stereocenters. The molecule has 2 nitrogen and oxygen atoms in total. The van der Waals surface area contributed by atoms with Crippen molar-refractivity contribution >= 4 is 5.57 Å². The molecule has 2 aliphatic heterocycles. The van der Waals surface area contributed by atoms with E-state index in [4.69, 9.17) is 0 Å². The molecular formula is C35H34N2+2. The molecule has 37 heavy (non-hydrogen) atoms. The Morgan fingerprint density at radius 1 is 0.649 bits per heavy atom. The van der Waals surface area contributed by atoms with E-state index in [1.165, 1.54) is 92.7 Å². The van der Waals surface area contributed by atoms with Crippen LogP contribution in [0.25, 0.3) is 28.1 Å². The van der Waals surface area contributed by atoms with E-state index in [9.17, 15) is 0 Å². The van der Waals surface area contributed by atoms with Gasteiger partial charge in [0.25, 0.3) is 0 Å². The molecule has 0 radical (unpaired) electrons. The minimum absolute atomic E-state index is 0.406. The predicted molar refractivity (Wildman–Crippen MR) is 148 cm³/mol. The molecule has 4 aliphatic rings. The van der Waals surface area contributed by atoms with E-state index in [-0.39, 0.29) is 0 Å². The zero-order valence-electron chi connectivity index (χ0n) is 22.6. The van der Waals surface area contributed by atoms with Crippen LogP contribution >= 0.6 is 0 Å². The SMILES string of the molecule is Cc1ccc2c(c1)C1(c3ccc4c(c3-c3cc(C)c(C)c[n+]31)CC1=C4CCCC1)[n+]1cc(C)c(C)cc1-2. The van der Waals surface area contributed by atoms with Crippen molar-refractivity contribution in [3.05, 3.63) is 111 Å². The van der Waals surface area contributed by atoms with Crippen LogP contribution in [-0.4, -0.2) is 0 Å². The van der Waals surface area contributed by atoms with Crippen molar-refractivity contribution in [3.8, 4) is 22.5 Å². The number of hydrogen-bond acceptors (Lipinski definition) is 0. The lowest BCUT2D eigenvalue weighted by Gasteiger charge is -2.19. The quantitative estimate of drug-likeness (QED) is 0.207. The van der Waals surface area contributed by atoms with Gasteiger partial charge in [0.05, 0.1) is 11.1 Å². The number of pyridine rings is 2. The molecule has 4 aromatic rings. The van der Waals surface area contributed by atoms with E-state index in [1.54, 1.807) is 16.7 Å². The smallest absolute Gasteiger partial charge is 0.125 e. The first-order valence-corrected chi connectivity index (χ1v) is 14.0. The largest absolute Gasteiger partial charge is 0.417 e. The van der Waals surface area contributed by atoms with Gasteiger partial charge >= 0.3 is 5.66 Å². The lowest BCUT2D eigenvalue weighted by atomic mass is 9.85. The average Bonchev–Trinajstić information content (AvgIpc) is 3.48. The molecule has 4 heterocycles. The Bertz CT molecular complexity index is 1750. The summed E-state index contributed by atoms with van der Waals surface area (Å²) in [5, 5.41) is 0. The van der Waals surface area contributed by atoms with Gasteiger partial charge < -0.3 is 0 Å². The molecule has 2 aromatic heterocycles. The summed E-state index contributed by atoms with van der Waals surface area (Å²) in [7, 11) is 0. The van der Waals surface area contributed by atoms with Crippen LogP contribution in [0.5, 0.6) is 0 Å². The summed E-state index contributed by atoms with van der Waals surface area (Å²) in [6.07, 6.45) is 11.2. The van der Waals surface area contributed by atoms with Crippen molar-refractivity contribution < 1.29 is 9.13 Å². The molecule has 0 saturated heterocycles. The first-order valence-electron chi connectivity index (χ1n) is 14.0. The lowest BCUT2D eigenvalue weighted by molar-refractivity contribution is -0.955. The van der Waals surface area contributed by atoms with Crippen molar-refractivity contribution in [3.63, 3.8) is 0 Å². The van der Waals surface area contributed by atoms with E-state index in [2.05, 4.69) is 98.6 Å². The second-order valence-corrected chi connectivity index (χ2v) is 12.0. The maximum atomic E-state index is 2.63. The summed E-state index contributed by atoms with van der Waals surface area (Å²) >= 11 is 0. The molecule has 0 bridgehead atoms. The van der Waals surface area contributed by atoms with Crippen LogP contribution in [0.1, 0.15) is 75.8 Å². The monoisotopic (exact) mass is 482 g/mol. The van der Waals surface area contributed by atoms with E-state index < -0.39 is 5.66 Å². The van der Waals surface area contributed by atoms with Gasteiger partial charge in [0.15, 0.2) is 12.4 Å². The molecule has 8 rings (SSSR count). The fraction of sp³-hybridized carbons (Fsp3) is 0.314. The summed E-state index contributed by atoms with van der Waals surface area (Å²) in [4.78, 5) is 0. The second kappa shape index (κ2) is 7.07. The van der Waals surface area contributed by atoms with Crippen LogP contribution in [0.3, 0.4) is 0 Å². The van der Waals surface area contributed by atoms with Gasteiger partial charge in [-0.25, -0.2) is 0 Å². The van der Waals surface area contributed by atoms with Crippen LogP contribution in [-0.2, 0) is 12.1 Å². The Kier molecular flexibility index (Phi) is 4.12. The highest BCUT2D eigenvalue weighted by molar-refractivity contribution is 5.86.